The fourth-order valence-electron chi connectivity index (χ4n) is 6.39. The number of nitrogens with zero attached hydrogens (tertiary/aromatic N) is 4. The van der Waals surface area contributed by atoms with Crippen molar-refractivity contribution in [3.8, 4) is 34.3 Å². The normalized spacial score (nSPS) is 10.9. The summed E-state index contributed by atoms with van der Waals surface area (Å²) in [4.78, 5) is 48.2. The Balaban J connectivity index is 0.000000174. The van der Waals surface area contributed by atoms with Crippen LogP contribution in [0.4, 0.5) is 22.7 Å². The Kier molecular flexibility index (Phi) is 10.8. The highest BCUT2D eigenvalue weighted by Gasteiger charge is 2.20. The van der Waals surface area contributed by atoms with Gasteiger partial charge in [0.05, 0.1) is 29.6 Å². The summed E-state index contributed by atoms with van der Waals surface area (Å²) >= 11 is 0. The van der Waals surface area contributed by atoms with E-state index in [0.29, 0.717) is 56.5 Å². The molecule has 0 atom stereocenters. The molecule has 0 spiro atoms. The molecule has 0 aliphatic rings. The van der Waals surface area contributed by atoms with Gasteiger partial charge in [-0.25, -0.2) is 19.9 Å². The minimum atomic E-state index is -0.584. The molecule has 2 amide bonds. The molecule has 0 saturated heterocycles. The predicted octanol–water partition coefficient (Wildman–Crippen LogP) is 7.77. The maximum atomic E-state index is 12.1. The molecular weight excluding hydrogens is 721 g/mol. The number of carbonyl (C=O) groups excluding carboxylic acids is 2. The Morgan fingerprint density at radius 2 is 1.16 bits per heavy atom. The molecule has 9 N–H and O–H groups in total. The number of rotatable bonds is 11. The van der Waals surface area contributed by atoms with Crippen molar-refractivity contribution in [1.82, 2.24) is 29.9 Å². The number of pyridine rings is 2. The van der Waals surface area contributed by atoms with Gasteiger partial charge in [-0.05, 0) is 72.5 Å². The smallest absolute Gasteiger partial charge is 0.252 e. The third kappa shape index (κ3) is 7.91. The van der Waals surface area contributed by atoms with Crippen molar-refractivity contribution in [2.45, 2.75) is 26.7 Å². The number of imidazole rings is 2. The number of methoxy groups -OCH3 is 1. The Hall–Kier alpha value is -7.74. The van der Waals surface area contributed by atoms with E-state index in [1.807, 2.05) is 78.9 Å². The van der Waals surface area contributed by atoms with Gasteiger partial charge in [0.2, 0.25) is 0 Å². The molecule has 0 bridgehead atoms. The van der Waals surface area contributed by atoms with Gasteiger partial charge in [0, 0.05) is 34.9 Å². The first-order valence-electron chi connectivity index (χ1n) is 18.2. The maximum absolute atomic E-state index is 12.1. The number of phenolic OH excluding ortho intramolecular Hbond substituents is 1. The van der Waals surface area contributed by atoms with Crippen LogP contribution >= 0.6 is 0 Å². The number of aryl methyl sites for hydroxylation is 2. The zero-order chi connectivity index (χ0) is 40.1. The average molecular weight is 761 g/mol. The van der Waals surface area contributed by atoms with Crippen LogP contribution in [0.25, 0.3) is 45.1 Å². The van der Waals surface area contributed by atoms with Crippen LogP contribution in [0.3, 0.4) is 0 Å². The van der Waals surface area contributed by atoms with Crippen molar-refractivity contribution in [1.29, 1.82) is 0 Å². The molecule has 4 aromatic heterocycles. The van der Waals surface area contributed by atoms with Crippen molar-refractivity contribution in [3.63, 3.8) is 0 Å². The number of anilines is 4. The summed E-state index contributed by atoms with van der Waals surface area (Å²) in [6.07, 6.45) is 4.57. The number of phenols is 1. The van der Waals surface area contributed by atoms with E-state index < -0.39 is 11.8 Å². The van der Waals surface area contributed by atoms with Gasteiger partial charge < -0.3 is 41.9 Å². The highest BCUT2D eigenvalue weighted by Crippen LogP contribution is 2.33. The van der Waals surface area contributed by atoms with Gasteiger partial charge in [-0.2, -0.15) is 0 Å². The SMILES string of the molecule is CCc1ccccc1Nc1c(C(N)=O)cnc2nc(-c3ccc(OC)cc3)[nH]c12.CCc1ccccc1Nc1c(C(N)=O)cnc2nc(-c3cccc(O)c3)[nH]c12. The number of amides is 2. The Labute approximate surface area is 327 Å². The molecule has 0 unspecified atom stereocenters. The zero-order valence-electron chi connectivity index (χ0n) is 31.4. The number of ether oxygens (including phenoxy) is 1. The van der Waals surface area contributed by atoms with E-state index in [0.717, 1.165) is 46.7 Å². The monoisotopic (exact) mass is 760 g/mol. The van der Waals surface area contributed by atoms with Gasteiger partial charge in [-0.1, -0.05) is 62.4 Å². The van der Waals surface area contributed by atoms with E-state index in [1.165, 1.54) is 12.4 Å². The summed E-state index contributed by atoms with van der Waals surface area (Å²) in [7, 11) is 1.62. The first-order valence-corrected chi connectivity index (χ1v) is 18.2. The van der Waals surface area contributed by atoms with Crippen LogP contribution in [0.15, 0.2) is 109 Å². The number of aromatic amines is 2. The zero-order valence-corrected chi connectivity index (χ0v) is 31.4. The van der Waals surface area contributed by atoms with E-state index in [1.54, 1.807) is 25.3 Å². The number of aromatic hydroxyl groups is 1. The second kappa shape index (κ2) is 16.3. The summed E-state index contributed by atoms with van der Waals surface area (Å²) in [6.45, 7) is 4.14. The van der Waals surface area contributed by atoms with Gasteiger partial charge in [0.15, 0.2) is 11.3 Å². The van der Waals surface area contributed by atoms with Crippen LogP contribution in [0.5, 0.6) is 11.5 Å². The summed E-state index contributed by atoms with van der Waals surface area (Å²) < 4.78 is 5.21. The maximum Gasteiger partial charge on any atom is 0.252 e. The number of nitrogens with two attached hydrogens (primary N) is 2. The van der Waals surface area contributed by atoms with Crippen LogP contribution in [-0.4, -0.2) is 53.9 Å². The molecule has 57 heavy (non-hydrogen) atoms. The number of carbonyl (C=O) groups is 2. The Morgan fingerprint density at radius 3 is 1.61 bits per heavy atom. The molecule has 286 valence electrons. The molecule has 14 heteroatoms. The number of aromatic nitrogens is 6. The summed E-state index contributed by atoms with van der Waals surface area (Å²) in [6, 6.07) is 30.1. The number of benzene rings is 4. The Morgan fingerprint density at radius 1 is 0.667 bits per heavy atom. The molecule has 14 nitrogen and oxygen atoms in total. The molecule has 0 fully saturated rings. The highest BCUT2D eigenvalue weighted by atomic mass is 16.5. The van der Waals surface area contributed by atoms with Crippen molar-refractivity contribution >= 4 is 56.9 Å². The number of primary amides is 2. The third-order valence-electron chi connectivity index (χ3n) is 9.37. The summed E-state index contributed by atoms with van der Waals surface area (Å²) in [5.74, 6) is 0.933. The lowest BCUT2D eigenvalue weighted by molar-refractivity contribution is 0.0992. The summed E-state index contributed by atoms with van der Waals surface area (Å²) in [5.41, 5.74) is 20.6. The number of nitrogens with one attached hydrogen (secondary N) is 4. The molecular formula is C43H40N10O4. The largest absolute Gasteiger partial charge is 0.508 e. The molecule has 4 aromatic carbocycles. The average Bonchev–Trinajstić information content (AvgIpc) is 3.87. The lowest BCUT2D eigenvalue weighted by Crippen LogP contribution is -2.14. The van der Waals surface area contributed by atoms with Gasteiger partial charge in [0.1, 0.15) is 34.2 Å². The molecule has 0 aliphatic carbocycles. The first kappa shape index (κ1) is 37.6. The van der Waals surface area contributed by atoms with E-state index >= 15 is 0 Å². The number of para-hydroxylation sites is 2. The summed E-state index contributed by atoms with van der Waals surface area (Å²) in [5, 5.41) is 16.4. The van der Waals surface area contributed by atoms with Crippen LogP contribution in [-0.2, 0) is 12.8 Å². The number of H-pyrrole nitrogens is 2. The third-order valence-corrected chi connectivity index (χ3v) is 9.37. The van der Waals surface area contributed by atoms with Crippen LogP contribution < -0.4 is 26.8 Å². The van der Waals surface area contributed by atoms with E-state index in [2.05, 4.69) is 54.4 Å². The van der Waals surface area contributed by atoms with Crippen molar-refractivity contribution in [3.05, 3.63) is 132 Å². The number of fused-ring (bicyclic) bond motifs is 2. The lowest BCUT2D eigenvalue weighted by atomic mass is 10.1. The van der Waals surface area contributed by atoms with Gasteiger partial charge in [0.25, 0.3) is 11.8 Å². The highest BCUT2D eigenvalue weighted by molar-refractivity contribution is 6.07. The standard InChI is InChI=1S/C22H21N5O2.C21H19N5O2/c1-3-13-6-4-5-7-17(13)25-18-16(20(23)28)12-24-22-19(18)26-21(27-22)14-8-10-15(29-2)11-9-14;1-2-12-6-3-4-9-16(12)24-17-15(19(22)28)11-23-21-18(17)25-20(26-21)13-7-5-8-14(27)10-13/h4-12H,3H2,1-2H3,(H2,23,28)(H2,24,25,26,27);3-11,27H,2H2,1H3,(H2,22,28)(H2,23,24,25,26). The lowest BCUT2D eigenvalue weighted by Gasteiger charge is -2.13. The molecule has 0 radical (unpaired) electrons. The molecule has 0 aliphatic heterocycles. The Bertz CT molecular complexity index is 2740. The van der Waals surface area contributed by atoms with Crippen LogP contribution in [0.1, 0.15) is 45.7 Å². The van der Waals surface area contributed by atoms with E-state index in [-0.39, 0.29) is 11.3 Å². The predicted molar refractivity (Wildman–Crippen MR) is 222 cm³/mol. The quantitative estimate of drug-likeness (QED) is 0.0678. The van der Waals surface area contributed by atoms with Crippen molar-refractivity contribution in [2.24, 2.45) is 11.5 Å². The second-order valence-electron chi connectivity index (χ2n) is 12.9. The molecule has 8 aromatic rings. The molecule has 0 saturated carbocycles. The van der Waals surface area contributed by atoms with Crippen LogP contribution in [0.2, 0.25) is 0 Å². The number of hydrogen-bond donors (Lipinski definition) is 7. The first-order chi connectivity index (χ1) is 27.7. The van der Waals surface area contributed by atoms with Gasteiger partial charge >= 0.3 is 0 Å². The topological polar surface area (TPSA) is 223 Å². The fourth-order valence-corrected chi connectivity index (χ4v) is 6.39. The van der Waals surface area contributed by atoms with Gasteiger partial charge in [-0.15, -0.1) is 0 Å². The second-order valence-corrected chi connectivity index (χ2v) is 12.9. The fraction of sp³-hybridized carbons (Fsp3) is 0.116. The van der Waals surface area contributed by atoms with Crippen LogP contribution in [0, 0.1) is 0 Å². The van der Waals surface area contributed by atoms with Gasteiger partial charge in [-0.3, -0.25) is 9.59 Å². The molecule has 4 heterocycles. The van der Waals surface area contributed by atoms with Crippen molar-refractivity contribution in [2.75, 3.05) is 17.7 Å². The number of hydrogen-bond acceptors (Lipinski definition) is 10. The minimum absolute atomic E-state index is 0.138. The minimum Gasteiger partial charge on any atom is -0.508 e. The van der Waals surface area contributed by atoms with Crippen molar-refractivity contribution < 1.29 is 19.4 Å². The molecule has 8 rings (SSSR count). The van der Waals surface area contributed by atoms with E-state index in [9.17, 15) is 14.7 Å². The van der Waals surface area contributed by atoms with E-state index in [4.69, 9.17) is 16.2 Å².